The van der Waals surface area contributed by atoms with Gasteiger partial charge in [0.15, 0.2) is 0 Å². The van der Waals surface area contributed by atoms with Crippen molar-refractivity contribution in [3.05, 3.63) is 16.4 Å². The number of nitrogens with two attached hydrogens (primary N) is 1. The summed E-state index contributed by atoms with van der Waals surface area (Å²) in [6, 6.07) is -0.738. The molecule has 1 rings (SSSR count). The van der Waals surface area contributed by atoms with Crippen LogP contribution in [0.3, 0.4) is 0 Å². The normalized spacial score (nSPS) is 13.3. The molecule has 0 aromatic carbocycles. The van der Waals surface area contributed by atoms with Gasteiger partial charge in [-0.3, -0.25) is 9.48 Å². The van der Waals surface area contributed by atoms with E-state index < -0.39 is 17.6 Å². The number of carbonyl (C=O) groups is 1. The molecule has 1 aromatic heterocycles. The molecule has 0 fully saturated rings. The van der Waals surface area contributed by atoms with Crippen molar-refractivity contribution in [3.63, 3.8) is 0 Å². The first kappa shape index (κ1) is 17.0. The van der Waals surface area contributed by atoms with Crippen LogP contribution in [0, 0.1) is 0 Å². The first-order valence-electron chi connectivity index (χ1n) is 6.92. The molecule has 5 nitrogen and oxygen atoms in total. The van der Waals surface area contributed by atoms with Crippen LogP contribution in [-0.4, -0.2) is 27.4 Å². The van der Waals surface area contributed by atoms with Gasteiger partial charge in [-0.05, 0) is 34.1 Å². The van der Waals surface area contributed by atoms with E-state index in [1.54, 1.807) is 4.68 Å². The molecule has 0 spiro atoms. The second-order valence-electron chi connectivity index (χ2n) is 5.72. The third kappa shape index (κ3) is 4.21. The Morgan fingerprint density at radius 2 is 2.05 bits per heavy atom. The van der Waals surface area contributed by atoms with E-state index in [0.29, 0.717) is 18.0 Å². The lowest BCUT2D eigenvalue weighted by atomic mass is 10.1. The number of aromatic nitrogens is 2. The van der Waals surface area contributed by atoms with Crippen molar-refractivity contribution < 1.29 is 9.53 Å². The molecular weight excluding hydrogens is 278 g/mol. The lowest BCUT2D eigenvalue weighted by molar-refractivity contribution is -0.156. The molecule has 1 aromatic rings. The number of ether oxygens (including phenoxy) is 1. The van der Waals surface area contributed by atoms with Gasteiger partial charge in [0.1, 0.15) is 11.6 Å². The summed E-state index contributed by atoms with van der Waals surface area (Å²) in [5.74, 6) is -0.421. The molecule has 0 saturated heterocycles. The molecule has 6 heteroatoms. The van der Waals surface area contributed by atoms with Gasteiger partial charge >= 0.3 is 5.97 Å². The minimum absolute atomic E-state index is 0.328. The van der Waals surface area contributed by atoms with Crippen molar-refractivity contribution >= 4 is 17.6 Å². The summed E-state index contributed by atoms with van der Waals surface area (Å²) in [6.45, 7) is 10.1. The van der Waals surface area contributed by atoms with E-state index in [4.69, 9.17) is 22.1 Å². The highest BCUT2D eigenvalue weighted by Gasteiger charge is 2.25. The Hall–Kier alpha value is -1.07. The van der Waals surface area contributed by atoms with Gasteiger partial charge in [0, 0.05) is 13.0 Å². The van der Waals surface area contributed by atoms with Crippen molar-refractivity contribution in [2.75, 3.05) is 0 Å². The molecule has 0 radical (unpaired) electrons. The minimum Gasteiger partial charge on any atom is -0.459 e. The second kappa shape index (κ2) is 6.59. The summed E-state index contributed by atoms with van der Waals surface area (Å²) in [7, 11) is 0. The van der Waals surface area contributed by atoms with Crippen molar-refractivity contribution in [1.29, 1.82) is 0 Å². The first-order valence-corrected chi connectivity index (χ1v) is 7.29. The fraction of sp³-hybridized carbons (Fsp3) is 0.714. The van der Waals surface area contributed by atoms with Gasteiger partial charge in [0.25, 0.3) is 0 Å². The van der Waals surface area contributed by atoms with E-state index in [0.717, 1.165) is 17.8 Å². The van der Waals surface area contributed by atoms with Crippen LogP contribution in [0.25, 0.3) is 0 Å². The van der Waals surface area contributed by atoms with Crippen molar-refractivity contribution in [2.24, 2.45) is 5.73 Å². The summed E-state index contributed by atoms with van der Waals surface area (Å²) in [5, 5.41) is 5.02. The second-order valence-corrected chi connectivity index (χ2v) is 6.10. The number of carbonyl (C=O) groups excluding carboxylic acids is 1. The highest BCUT2D eigenvalue weighted by Crippen LogP contribution is 2.23. The average Bonchev–Trinajstić information content (AvgIpc) is 2.64. The van der Waals surface area contributed by atoms with E-state index in [1.165, 1.54) is 0 Å². The van der Waals surface area contributed by atoms with Crippen molar-refractivity contribution in [1.82, 2.24) is 9.78 Å². The zero-order valence-corrected chi connectivity index (χ0v) is 13.6. The van der Waals surface area contributed by atoms with E-state index >= 15 is 0 Å². The number of esters is 1. The van der Waals surface area contributed by atoms with Crippen molar-refractivity contribution in [3.8, 4) is 0 Å². The quantitative estimate of drug-likeness (QED) is 0.847. The maximum absolute atomic E-state index is 11.9. The third-order valence-electron chi connectivity index (χ3n) is 2.82. The lowest BCUT2D eigenvalue weighted by Crippen LogP contribution is -2.39. The molecule has 0 aliphatic rings. The van der Waals surface area contributed by atoms with Crippen LogP contribution in [0.1, 0.15) is 46.0 Å². The number of nitrogens with zero attached hydrogens (tertiary/aromatic N) is 2. The number of hydrogen-bond donors (Lipinski definition) is 1. The van der Waals surface area contributed by atoms with Gasteiger partial charge < -0.3 is 10.5 Å². The smallest absolute Gasteiger partial charge is 0.323 e. The van der Waals surface area contributed by atoms with E-state index in [1.807, 2.05) is 34.6 Å². The molecule has 0 aliphatic heterocycles. The maximum Gasteiger partial charge on any atom is 0.323 e. The van der Waals surface area contributed by atoms with Gasteiger partial charge in [0.2, 0.25) is 0 Å². The van der Waals surface area contributed by atoms with Crippen molar-refractivity contribution in [2.45, 2.75) is 65.6 Å². The van der Waals surface area contributed by atoms with Gasteiger partial charge in [0.05, 0.1) is 16.4 Å². The number of halogens is 1. The van der Waals surface area contributed by atoms with Crippen LogP contribution in [0.2, 0.25) is 5.02 Å². The molecule has 1 unspecified atom stereocenters. The molecule has 114 valence electrons. The van der Waals surface area contributed by atoms with Crippen LogP contribution in [0.5, 0.6) is 0 Å². The van der Waals surface area contributed by atoms with E-state index in [-0.39, 0.29) is 0 Å². The third-order valence-corrected chi connectivity index (χ3v) is 3.25. The Kier molecular flexibility index (Phi) is 5.59. The summed E-state index contributed by atoms with van der Waals surface area (Å²) >= 11 is 6.30. The lowest BCUT2D eigenvalue weighted by Gasteiger charge is -2.22. The van der Waals surface area contributed by atoms with Gasteiger partial charge in [-0.1, -0.05) is 18.5 Å². The highest BCUT2D eigenvalue weighted by atomic mass is 35.5. The first-order chi connectivity index (χ1) is 9.19. The largest absolute Gasteiger partial charge is 0.459 e. The van der Waals surface area contributed by atoms with Gasteiger partial charge in [-0.25, -0.2) is 0 Å². The molecule has 1 heterocycles. The minimum atomic E-state index is -0.738. The summed E-state index contributed by atoms with van der Waals surface area (Å²) < 4.78 is 7.08. The standard InChI is InChI=1S/C14H24ClN3O2/c1-6-10-12(15)11(18(7-2)17-10)8-9(16)13(19)20-14(3,4)5/h9H,6-8,16H2,1-5H3. The SMILES string of the molecule is CCc1nn(CC)c(CC(N)C(=O)OC(C)(C)C)c1Cl. The maximum atomic E-state index is 11.9. The number of hydrogen-bond acceptors (Lipinski definition) is 4. The van der Waals surface area contributed by atoms with Crippen LogP contribution < -0.4 is 5.73 Å². The number of rotatable bonds is 5. The molecule has 0 aliphatic carbocycles. The molecule has 0 amide bonds. The molecule has 2 N–H and O–H groups in total. The molecule has 0 bridgehead atoms. The highest BCUT2D eigenvalue weighted by molar-refractivity contribution is 6.31. The van der Waals surface area contributed by atoms with Crippen LogP contribution in [-0.2, 0) is 28.9 Å². The summed E-state index contributed by atoms with van der Waals surface area (Å²) in [5.41, 5.74) is 7.01. The van der Waals surface area contributed by atoms with Crippen LogP contribution in [0.4, 0.5) is 0 Å². The Labute approximate surface area is 125 Å². The predicted molar refractivity (Wildman–Crippen MR) is 79.8 cm³/mol. The monoisotopic (exact) mass is 301 g/mol. The molecule has 1 atom stereocenters. The van der Waals surface area contributed by atoms with Crippen LogP contribution >= 0.6 is 11.6 Å². The fourth-order valence-electron chi connectivity index (χ4n) is 1.88. The summed E-state index contributed by atoms with van der Waals surface area (Å²) in [4.78, 5) is 11.9. The fourth-order valence-corrected chi connectivity index (χ4v) is 2.23. The Morgan fingerprint density at radius 1 is 1.45 bits per heavy atom. The Bertz CT molecular complexity index is 477. The Balaban J connectivity index is 2.87. The average molecular weight is 302 g/mol. The zero-order chi connectivity index (χ0) is 15.5. The Morgan fingerprint density at radius 3 is 2.50 bits per heavy atom. The van der Waals surface area contributed by atoms with Gasteiger partial charge in [-0.15, -0.1) is 0 Å². The summed E-state index contributed by atoms with van der Waals surface area (Å²) in [6.07, 6.45) is 1.08. The topological polar surface area (TPSA) is 70.1 Å². The van der Waals surface area contributed by atoms with Crippen LogP contribution in [0.15, 0.2) is 0 Å². The predicted octanol–water partition coefficient (Wildman–Crippen LogP) is 2.33. The van der Waals surface area contributed by atoms with E-state index in [9.17, 15) is 4.79 Å². The molecular formula is C14H24ClN3O2. The molecule has 20 heavy (non-hydrogen) atoms. The van der Waals surface area contributed by atoms with E-state index in [2.05, 4.69) is 5.10 Å². The number of aryl methyl sites for hydroxylation is 2. The molecule has 0 saturated carbocycles. The zero-order valence-electron chi connectivity index (χ0n) is 12.9. The van der Waals surface area contributed by atoms with Gasteiger partial charge in [-0.2, -0.15) is 5.10 Å².